The topological polar surface area (TPSA) is 26.3 Å². The largest absolute Gasteiger partial charge is 0.473 e. The summed E-state index contributed by atoms with van der Waals surface area (Å²) in [6.45, 7) is 3.68. The molecule has 0 bridgehead atoms. The fraction of sp³-hybridized carbons (Fsp3) is 0.824. The maximum atomic E-state index is 14.1. The van der Waals surface area contributed by atoms with Gasteiger partial charge in [-0.05, 0) is 13.3 Å². The van der Waals surface area contributed by atoms with Crippen LogP contribution in [0.1, 0.15) is 33.1 Å². The van der Waals surface area contributed by atoms with Crippen LogP contribution in [0.15, 0.2) is 12.2 Å². The van der Waals surface area contributed by atoms with E-state index in [0.717, 1.165) is 6.92 Å². The minimum atomic E-state index is -8.51. The van der Waals surface area contributed by atoms with Crippen LogP contribution in [0.3, 0.4) is 0 Å². The van der Waals surface area contributed by atoms with Gasteiger partial charge in [0.1, 0.15) is 0 Å². The zero-order valence-electron chi connectivity index (χ0n) is 17.6. The number of esters is 1. The average molecular weight is 574 g/mol. The third kappa shape index (κ3) is 5.47. The lowest BCUT2D eigenvalue weighted by atomic mass is 9.82. The van der Waals surface area contributed by atoms with Crippen LogP contribution in [-0.4, -0.2) is 53.8 Å². The number of rotatable bonds is 12. The molecule has 0 spiro atoms. The second kappa shape index (κ2) is 9.72. The zero-order chi connectivity index (χ0) is 29.6. The summed E-state index contributed by atoms with van der Waals surface area (Å²) in [5.74, 6) is -54.8. The fourth-order valence-corrected chi connectivity index (χ4v) is 2.55. The molecule has 0 saturated heterocycles. The number of ether oxygens (including phenoxy) is 1. The summed E-state index contributed by atoms with van der Waals surface area (Å²) in [6, 6.07) is 0. The second-order valence-corrected chi connectivity index (χ2v) is 7.49. The van der Waals surface area contributed by atoms with Gasteiger partial charge in [-0.1, -0.05) is 19.9 Å². The lowest BCUT2D eigenvalue weighted by Gasteiger charge is -2.43. The third-order valence-corrected chi connectivity index (χ3v) is 4.56. The van der Waals surface area contributed by atoms with Crippen molar-refractivity contribution in [2.45, 2.75) is 80.9 Å². The molecule has 1 unspecified atom stereocenters. The van der Waals surface area contributed by atoms with Crippen LogP contribution in [0.25, 0.3) is 0 Å². The summed E-state index contributed by atoms with van der Waals surface area (Å²) in [4.78, 5) is 10.9. The van der Waals surface area contributed by atoms with Crippen molar-refractivity contribution in [2.24, 2.45) is 5.92 Å². The van der Waals surface area contributed by atoms with Crippen molar-refractivity contribution >= 4 is 5.97 Å². The van der Waals surface area contributed by atoms with Crippen molar-refractivity contribution < 1.29 is 84.2 Å². The number of hydrogen-bond donors (Lipinski definition) is 0. The van der Waals surface area contributed by atoms with E-state index in [9.17, 15) is 79.4 Å². The van der Waals surface area contributed by atoms with Crippen molar-refractivity contribution in [1.82, 2.24) is 0 Å². The van der Waals surface area contributed by atoms with E-state index in [2.05, 4.69) is 11.3 Å². The molecule has 0 saturated carbocycles. The van der Waals surface area contributed by atoms with E-state index in [-0.39, 0.29) is 0 Å². The minimum absolute atomic E-state index is 0.424. The molecule has 0 fully saturated rings. The maximum Gasteiger partial charge on any atom is 0.473 e. The Bertz CT molecular complexity index is 812. The van der Waals surface area contributed by atoms with Gasteiger partial charge in [0, 0.05) is 11.5 Å². The quantitative estimate of drug-likeness (QED) is 0.135. The molecule has 0 heterocycles. The number of halogens is 17. The lowest BCUT2D eigenvalue weighted by molar-refractivity contribution is -0.463. The Labute approximate surface area is 190 Å². The van der Waals surface area contributed by atoms with Gasteiger partial charge in [-0.25, -0.2) is 4.79 Å². The highest BCUT2D eigenvalue weighted by atomic mass is 19.4. The number of carbonyl (C=O) groups excluding carboxylic acids is 1. The van der Waals surface area contributed by atoms with Gasteiger partial charge in [-0.2, -0.15) is 74.6 Å². The van der Waals surface area contributed by atoms with Gasteiger partial charge in [-0.15, -0.1) is 0 Å². The Hall–Kier alpha value is -1.98. The second-order valence-electron chi connectivity index (χ2n) is 7.49. The molecule has 0 rings (SSSR count). The van der Waals surface area contributed by atoms with Crippen molar-refractivity contribution in [1.29, 1.82) is 0 Å². The van der Waals surface area contributed by atoms with E-state index in [4.69, 9.17) is 0 Å². The fourth-order valence-electron chi connectivity index (χ4n) is 2.55. The Morgan fingerprint density at radius 1 is 0.694 bits per heavy atom. The zero-order valence-corrected chi connectivity index (χ0v) is 17.6. The molecule has 1 atom stereocenters. The molecule has 0 radical (unpaired) electrons. The van der Waals surface area contributed by atoms with Gasteiger partial charge in [0.25, 0.3) is 0 Å². The molecule has 0 aliphatic heterocycles. The first kappa shape index (κ1) is 34.0. The number of alkyl halides is 17. The highest BCUT2D eigenvalue weighted by Crippen LogP contribution is 2.63. The molecule has 0 amide bonds. The van der Waals surface area contributed by atoms with E-state index in [1.165, 1.54) is 0 Å². The third-order valence-electron chi connectivity index (χ3n) is 4.56. The Morgan fingerprint density at radius 2 is 1.06 bits per heavy atom. The van der Waals surface area contributed by atoms with Crippen LogP contribution in [0.4, 0.5) is 74.6 Å². The van der Waals surface area contributed by atoms with Crippen LogP contribution in [-0.2, 0) is 9.53 Å². The van der Waals surface area contributed by atoms with Crippen LogP contribution in [0.2, 0.25) is 0 Å². The summed E-state index contributed by atoms with van der Waals surface area (Å²) in [7, 11) is 0. The van der Waals surface area contributed by atoms with E-state index < -0.39 is 84.5 Å². The van der Waals surface area contributed by atoms with Crippen molar-refractivity contribution in [3.63, 3.8) is 0 Å². The van der Waals surface area contributed by atoms with Crippen LogP contribution in [0.5, 0.6) is 0 Å². The normalized spacial score (nSPS) is 16.1. The highest BCUT2D eigenvalue weighted by Gasteiger charge is 2.94. The molecule has 0 aromatic rings. The van der Waals surface area contributed by atoms with Crippen LogP contribution in [0, 0.1) is 5.92 Å². The molecular formula is C17H15F17O2. The predicted octanol–water partition coefficient (Wildman–Crippen LogP) is 7.88. The maximum absolute atomic E-state index is 14.1. The summed E-state index contributed by atoms with van der Waals surface area (Å²) in [6.07, 6.45) is -18.6. The van der Waals surface area contributed by atoms with Crippen molar-refractivity contribution in [3.05, 3.63) is 12.2 Å². The summed E-state index contributed by atoms with van der Waals surface area (Å²) in [5, 5.41) is 0. The molecule has 0 aliphatic carbocycles. The van der Waals surface area contributed by atoms with Gasteiger partial charge in [0.05, 0.1) is 6.42 Å². The van der Waals surface area contributed by atoms with Gasteiger partial charge in [0.15, 0.2) is 0 Å². The van der Waals surface area contributed by atoms with Gasteiger partial charge >= 0.3 is 53.8 Å². The molecule has 0 aromatic heterocycles. The molecule has 2 nitrogen and oxygen atoms in total. The monoisotopic (exact) mass is 574 g/mol. The molecule has 0 aromatic carbocycles. The summed E-state index contributed by atoms with van der Waals surface area (Å²) >= 11 is 0. The van der Waals surface area contributed by atoms with Gasteiger partial charge in [0.2, 0.25) is 0 Å². The number of carbonyl (C=O) groups is 1. The summed E-state index contributed by atoms with van der Waals surface area (Å²) in [5.41, 5.74) is -1.26. The SMILES string of the molecule is C=C(C)C(=O)OC(F)(F)C(F)(F)C(F)(F)C(F)(F)C(F)(F)C(F)(F)C(F)(F)C(CCC)CC(F)(F)F. The van der Waals surface area contributed by atoms with Gasteiger partial charge in [-0.3, -0.25) is 0 Å². The first-order valence-corrected chi connectivity index (χ1v) is 9.09. The first-order chi connectivity index (χ1) is 15.5. The lowest BCUT2D eigenvalue weighted by Crippen LogP contribution is -2.74. The van der Waals surface area contributed by atoms with Crippen molar-refractivity contribution in [2.75, 3.05) is 0 Å². The molecule has 214 valence electrons. The average Bonchev–Trinajstić information content (AvgIpc) is 2.65. The highest BCUT2D eigenvalue weighted by molar-refractivity contribution is 5.87. The van der Waals surface area contributed by atoms with Crippen LogP contribution < -0.4 is 0 Å². The predicted molar refractivity (Wildman–Crippen MR) is 84.6 cm³/mol. The molecular weight excluding hydrogens is 559 g/mol. The summed E-state index contributed by atoms with van der Waals surface area (Å²) < 4.78 is 233. The van der Waals surface area contributed by atoms with E-state index in [1.807, 2.05) is 0 Å². The number of hydrogen-bond acceptors (Lipinski definition) is 2. The van der Waals surface area contributed by atoms with Gasteiger partial charge < -0.3 is 4.74 Å². The Morgan fingerprint density at radius 3 is 1.39 bits per heavy atom. The van der Waals surface area contributed by atoms with E-state index >= 15 is 0 Å². The molecule has 0 N–H and O–H groups in total. The Balaban J connectivity index is 6.79. The smallest absolute Gasteiger partial charge is 0.393 e. The van der Waals surface area contributed by atoms with Crippen molar-refractivity contribution in [3.8, 4) is 0 Å². The molecule has 0 aliphatic rings. The Kier molecular flexibility index (Phi) is 9.18. The standard InChI is InChI=1S/C17H15F17O2/c1-4-5-8(6-10(18,19)20)11(21,22)12(23,24)13(25,26)14(27,28)15(29,30)16(31,32)17(33,34)36-9(35)7(2)3/h8H,2,4-6H2,1,3H3. The van der Waals surface area contributed by atoms with E-state index in [0.29, 0.717) is 6.92 Å². The minimum Gasteiger partial charge on any atom is -0.393 e. The van der Waals surface area contributed by atoms with Crippen LogP contribution >= 0.6 is 0 Å². The first-order valence-electron chi connectivity index (χ1n) is 9.09. The molecule has 19 heteroatoms. The molecule has 36 heavy (non-hydrogen) atoms. The van der Waals surface area contributed by atoms with E-state index in [1.54, 1.807) is 0 Å².